The molecule has 0 fully saturated rings. The average molecular weight is 250 g/mol. The third-order valence-corrected chi connectivity index (χ3v) is 3.22. The molecule has 0 spiro atoms. The summed E-state index contributed by atoms with van der Waals surface area (Å²) < 4.78 is 0. The topological polar surface area (TPSA) is 93.3 Å². The Morgan fingerprint density at radius 3 is 2.59 bits per heavy atom. The van der Waals surface area contributed by atoms with Gasteiger partial charge in [-0.2, -0.15) is 0 Å². The predicted octanol–water partition coefficient (Wildman–Crippen LogP) is 2.42. The fraction of sp³-hybridized carbons (Fsp3) is 0. The van der Waals surface area contributed by atoms with Crippen LogP contribution in [0.4, 0.5) is 5.69 Å². The standard InChI is InChI=1S/C10H6N2O4S/c13-10(14)8-5-7(12(15)16)9(17-8)6-1-3-11-4-2-6/h1-5H,(H,13,14). The van der Waals surface area contributed by atoms with E-state index in [9.17, 15) is 14.9 Å². The lowest BCUT2D eigenvalue weighted by Crippen LogP contribution is -1.91. The second-order valence-corrected chi connectivity index (χ2v) is 4.18. The molecule has 0 atom stereocenters. The number of aromatic carboxylic acids is 1. The fourth-order valence-electron chi connectivity index (χ4n) is 1.33. The quantitative estimate of drug-likeness (QED) is 0.666. The SMILES string of the molecule is O=C(O)c1cc([N+](=O)[O-])c(-c2ccncc2)s1. The molecule has 0 aliphatic heterocycles. The van der Waals surface area contributed by atoms with Gasteiger partial charge in [0.1, 0.15) is 9.75 Å². The number of hydrogen-bond acceptors (Lipinski definition) is 5. The van der Waals surface area contributed by atoms with E-state index in [2.05, 4.69) is 4.98 Å². The number of pyridine rings is 1. The number of carbonyl (C=O) groups is 1. The maximum absolute atomic E-state index is 10.8. The molecule has 0 bridgehead atoms. The molecule has 0 aliphatic carbocycles. The van der Waals surface area contributed by atoms with Crippen LogP contribution in [0.2, 0.25) is 0 Å². The monoisotopic (exact) mass is 250 g/mol. The lowest BCUT2D eigenvalue weighted by molar-refractivity contribution is -0.383. The molecule has 17 heavy (non-hydrogen) atoms. The second kappa shape index (κ2) is 4.30. The van der Waals surface area contributed by atoms with Crippen LogP contribution < -0.4 is 0 Å². The lowest BCUT2D eigenvalue weighted by atomic mass is 10.2. The van der Waals surface area contributed by atoms with Gasteiger partial charge in [-0.05, 0) is 12.1 Å². The van der Waals surface area contributed by atoms with E-state index in [0.29, 0.717) is 10.4 Å². The summed E-state index contributed by atoms with van der Waals surface area (Å²) in [6.45, 7) is 0. The molecule has 0 saturated heterocycles. The van der Waals surface area contributed by atoms with Crippen molar-refractivity contribution in [2.75, 3.05) is 0 Å². The van der Waals surface area contributed by atoms with Crippen molar-refractivity contribution in [1.82, 2.24) is 4.98 Å². The van der Waals surface area contributed by atoms with Crippen molar-refractivity contribution in [3.63, 3.8) is 0 Å². The maximum Gasteiger partial charge on any atom is 0.346 e. The van der Waals surface area contributed by atoms with E-state index in [1.807, 2.05) is 0 Å². The van der Waals surface area contributed by atoms with Crippen molar-refractivity contribution < 1.29 is 14.8 Å². The first kappa shape index (κ1) is 11.2. The summed E-state index contributed by atoms with van der Waals surface area (Å²) >= 11 is 0.880. The highest BCUT2D eigenvalue weighted by Crippen LogP contribution is 2.37. The number of carboxylic acids is 1. The van der Waals surface area contributed by atoms with Crippen molar-refractivity contribution in [3.05, 3.63) is 45.6 Å². The molecule has 2 aromatic rings. The molecule has 1 N–H and O–H groups in total. The number of thiophene rings is 1. The molecule has 86 valence electrons. The molecular weight excluding hydrogens is 244 g/mol. The number of nitrogens with zero attached hydrogens (tertiary/aromatic N) is 2. The van der Waals surface area contributed by atoms with E-state index in [1.54, 1.807) is 12.1 Å². The molecule has 0 amide bonds. The van der Waals surface area contributed by atoms with E-state index in [0.717, 1.165) is 17.4 Å². The van der Waals surface area contributed by atoms with Gasteiger partial charge in [0, 0.05) is 24.0 Å². The first-order valence-corrected chi connectivity index (χ1v) is 5.33. The third kappa shape index (κ3) is 2.13. The minimum atomic E-state index is -1.17. The summed E-state index contributed by atoms with van der Waals surface area (Å²) in [5.41, 5.74) is 0.391. The van der Waals surface area contributed by atoms with Gasteiger partial charge >= 0.3 is 5.97 Å². The van der Waals surface area contributed by atoms with Crippen LogP contribution in [0.15, 0.2) is 30.6 Å². The summed E-state index contributed by atoms with van der Waals surface area (Å²) in [6, 6.07) is 4.28. The number of aromatic nitrogens is 1. The predicted molar refractivity (Wildman–Crippen MR) is 61.2 cm³/mol. The van der Waals surface area contributed by atoms with Crippen molar-refractivity contribution in [2.24, 2.45) is 0 Å². The minimum Gasteiger partial charge on any atom is -0.477 e. The van der Waals surface area contributed by atoms with Crippen LogP contribution in [0.3, 0.4) is 0 Å². The van der Waals surface area contributed by atoms with Crippen LogP contribution in [-0.2, 0) is 0 Å². The van der Waals surface area contributed by atoms with Gasteiger partial charge in [0.25, 0.3) is 5.69 Å². The Morgan fingerprint density at radius 2 is 2.06 bits per heavy atom. The van der Waals surface area contributed by atoms with Crippen molar-refractivity contribution in [2.45, 2.75) is 0 Å². The third-order valence-electron chi connectivity index (χ3n) is 2.06. The highest BCUT2D eigenvalue weighted by atomic mass is 32.1. The van der Waals surface area contributed by atoms with E-state index >= 15 is 0 Å². The maximum atomic E-state index is 10.8. The number of nitro groups is 1. The van der Waals surface area contributed by atoms with Gasteiger partial charge in [0.05, 0.1) is 4.92 Å². The number of rotatable bonds is 3. The summed E-state index contributed by atoms with van der Waals surface area (Å²) in [4.78, 5) is 25.1. The zero-order valence-electron chi connectivity index (χ0n) is 8.36. The first-order chi connectivity index (χ1) is 8.09. The Bertz CT molecular complexity index is 579. The summed E-state index contributed by atoms with van der Waals surface area (Å²) in [5, 5.41) is 19.7. The average Bonchev–Trinajstić information content (AvgIpc) is 2.75. The van der Waals surface area contributed by atoms with E-state index < -0.39 is 10.9 Å². The number of hydrogen-bond donors (Lipinski definition) is 1. The van der Waals surface area contributed by atoms with E-state index in [1.165, 1.54) is 12.4 Å². The Labute approximate surface area is 99.3 Å². The van der Waals surface area contributed by atoms with Gasteiger partial charge in [-0.1, -0.05) is 0 Å². The van der Waals surface area contributed by atoms with Crippen LogP contribution >= 0.6 is 11.3 Å². The summed E-state index contributed by atoms with van der Waals surface area (Å²) in [6.07, 6.45) is 3.00. The highest BCUT2D eigenvalue weighted by Gasteiger charge is 2.22. The van der Waals surface area contributed by atoms with Crippen molar-refractivity contribution >= 4 is 23.0 Å². The molecule has 0 saturated carbocycles. The van der Waals surface area contributed by atoms with Crippen LogP contribution in [0.25, 0.3) is 10.4 Å². The molecule has 0 radical (unpaired) electrons. The molecular formula is C10H6N2O4S. The van der Waals surface area contributed by atoms with E-state index in [4.69, 9.17) is 5.11 Å². The van der Waals surface area contributed by atoms with Crippen LogP contribution in [0.5, 0.6) is 0 Å². The zero-order chi connectivity index (χ0) is 12.4. The Hall–Kier alpha value is -2.28. The van der Waals surface area contributed by atoms with Crippen LogP contribution in [-0.4, -0.2) is 21.0 Å². The minimum absolute atomic E-state index is 0.0523. The summed E-state index contributed by atoms with van der Waals surface area (Å²) in [5.74, 6) is -1.17. The lowest BCUT2D eigenvalue weighted by Gasteiger charge is -1.95. The first-order valence-electron chi connectivity index (χ1n) is 4.51. The van der Waals surface area contributed by atoms with Gasteiger partial charge in [0.15, 0.2) is 0 Å². The van der Waals surface area contributed by atoms with Gasteiger partial charge in [-0.15, -0.1) is 11.3 Å². The molecule has 6 nitrogen and oxygen atoms in total. The normalized spacial score (nSPS) is 10.1. The molecule has 2 heterocycles. The van der Waals surface area contributed by atoms with Crippen molar-refractivity contribution in [3.8, 4) is 10.4 Å². The van der Waals surface area contributed by atoms with Crippen molar-refractivity contribution in [1.29, 1.82) is 0 Å². The fourth-order valence-corrected chi connectivity index (χ4v) is 2.30. The van der Waals surface area contributed by atoms with Crippen LogP contribution in [0.1, 0.15) is 9.67 Å². The largest absolute Gasteiger partial charge is 0.477 e. The smallest absolute Gasteiger partial charge is 0.346 e. The molecule has 7 heteroatoms. The zero-order valence-corrected chi connectivity index (χ0v) is 9.18. The highest BCUT2D eigenvalue weighted by molar-refractivity contribution is 7.17. The van der Waals surface area contributed by atoms with Gasteiger partial charge in [0.2, 0.25) is 0 Å². The summed E-state index contributed by atoms with van der Waals surface area (Å²) in [7, 11) is 0. The Morgan fingerprint density at radius 1 is 1.41 bits per heavy atom. The number of carboxylic acid groups (broad SMARTS) is 1. The molecule has 0 aliphatic rings. The van der Waals surface area contributed by atoms with Gasteiger partial charge in [-0.25, -0.2) is 4.79 Å². The Balaban J connectivity index is 2.60. The van der Waals surface area contributed by atoms with Gasteiger partial charge in [-0.3, -0.25) is 15.1 Å². The molecule has 0 aromatic carbocycles. The molecule has 2 aromatic heterocycles. The molecule has 0 unspecified atom stereocenters. The second-order valence-electron chi connectivity index (χ2n) is 3.12. The van der Waals surface area contributed by atoms with Gasteiger partial charge < -0.3 is 5.11 Å². The molecule has 2 rings (SSSR count). The van der Waals surface area contributed by atoms with E-state index in [-0.39, 0.29) is 10.6 Å². The Kier molecular flexibility index (Phi) is 2.84. The van der Waals surface area contributed by atoms with Crippen LogP contribution in [0, 0.1) is 10.1 Å².